The Labute approximate surface area is 153 Å². The summed E-state index contributed by atoms with van der Waals surface area (Å²) >= 11 is 1.67. The summed E-state index contributed by atoms with van der Waals surface area (Å²) in [7, 11) is 1.95. The molecule has 2 aliphatic rings. The van der Waals surface area contributed by atoms with E-state index in [2.05, 4.69) is 5.32 Å². The fourth-order valence-corrected chi connectivity index (χ4v) is 4.61. The molecule has 1 saturated carbocycles. The number of amidine groups is 1. The van der Waals surface area contributed by atoms with Crippen molar-refractivity contribution in [2.24, 2.45) is 4.99 Å². The van der Waals surface area contributed by atoms with Gasteiger partial charge in [-0.2, -0.15) is 0 Å². The zero-order chi connectivity index (χ0) is 17.6. The molecule has 1 N–H and O–H groups in total. The van der Waals surface area contributed by atoms with E-state index in [0.29, 0.717) is 12.6 Å². The maximum absolute atomic E-state index is 13.2. The fraction of sp³-hybridized carbons (Fsp3) is 0.579. The summed E-state index contributed by atoms with van der Waals surface area (Å²) < 4.78 is 13.2. The number of amides is 1. The lowest BCUT2D eigenvalue weighted by molar-refractivity contribution is -0.124. The lowest BCUT2D eigenvalue weighted by atomic mass is 10.1. The van der Waals surface area contributed by atoms with Gasteiger partial charge in [0.2, 0.25) is 5.91 Å². The molecule has 136 valence electrons. The first-order chi connectivity index (χ1) is 12.1. The van der Waals surface area contributed by atoms with Gasteiger partial charge in [0.1, 0.15) is 11.9 Å². The van der Waals surface area contributed by atoms with Gasteiger partial charge in [-0.15, -0.1) is 0 Å². The number of nitrogens with zero attached hydrogens (tertiary/aromatic N) is 2. The van der Waals surface area contributed by atoms with Crippen LogP contribution in [0.4, 0.5) is 4.39 Å². The summed E-state index contributed by atoms with van der Waals surface area (Å²) in [5, 5.41) is 3.90. The number of rotatable bonds is 4. The van der Waals surface area contributed by atoms with Gasteiger partial charge in [-0.05, 0) is 30.5 Å². The van der Waals surface area contributed by atoms with Gasteiger partial charge >= 0.3 is 0 Å². The lowest BCUT2D eigenvalue weighted by Gasteiger charge is -2.21. The normalized spacial score (nSPS) is 23.7. The average Bonchev–Trinajstić information content (AvgIpc) is 2.80. The predicted octanol–water partition coefficient (Wildman–Crippen LogP) is 3.57. The number of hydrogen-bond donors (Lipinski definition) is 1. The van der Waals surface area contributed by atoms with Crippen molar-refractivity contribution in [1.29, 1.82) is 0 Å². The fourth-order valence-electron chi connectivity index (χ4n) is 3.38. The summed E-state index contributed by atoms with van der Waals surface area (Å²) in [5.41, 5.74) is 0.772. The van der Waals surface area contributed by atoms with E-state index in [9.17, 15) is 9.18 Å². The number of hydrogen-bond acceptors (Lipinski definition) is 3. The van der Waals surface area contributed by atoms with E-state index in [4.69, 9.17) is 4.99 Å². The molecule has 1 aromatic carbocycles. The van der Waals surface area contributed by atoms with Gasteiger partial charge in [-0.3, -0.25) is 9.79 Å². The first-order valence-corrected chi connectivity index (χ1v) is 10.1. The Kier molecular flexibility index (Phi) is 6.34. The number of carbonyl (C=O) groups excluding carboxylic acids is 1. The minimum absolute atomic E-state index is 0.0228. The predicted molar refractivity (Wildman–Crippen MR) is 101 cm³/mol. The minimum atomic E-state index is -0.280. The topological polar surface area (TPSA) is 44.7 Å². The third kappa shape index (κ3) is 4.97. The van der Waals surface area contributed by atoms with E-state index in [1.54, 1.807) is 17.8 Å². The van der Waals surface area contributed by atoms with Crippen molar-refractivity contribution < 1.29 is 9.18 Å². The Balaban J connectivity index is 1.55. The third-order valence-corrected chi connectivity index (χ3v) is 6.05. The van der Waals surface area contributed by atoms with Gasteiger partial charge in [0.05, 0.1) is 6.04 Å². The first-order valence-electron chi connectivity index (χ1n) is 9.09. The molecule has 0 bridgehead atoms. The van der Waals surface area contributed by atoms with Crippen molar-refractivity contribution in [3.63, 3.8) is 0 Å². The zero-order valence-corrected chi connectivity index (χ0v) is 15.5. The van der Waals surface area contributed by atoms with Crippen LogP contribution >= 0.6 is 11.8 Å². The van der Waals surface area contributed by atoms with E-state index in [1.807, 2.05) is 18.0 Å². The van der Waals surface area contributed by atoms with Gasteiger partial charge < -0.3 is 10.2 Å². The number of halogens is 1. The molecule has 1 amide bonds. The van der Waals surface area contributed by atoms with Gasteiger partial charge in [0.15, 0.2) is 5.17 Å². The maximum Gasteiger partial charge on any atom is 0.243 e. The molecule has 1 saturated heterocycles. The Morgan fingerprint density at radius 1 is 1.32 bits per heavy atom. The minimum Gasteiger partial charge on any atom is -0.350 e. The van der Waals surface area contributed by atoms with E-state index >= 15 is 0 Å². The summed E-state index contributed by atoms with van der Waals surface area (Å²) in [6, 6.07) is 6.53. The average molecular weight is 364 g/mol. The first kappa shape index (κ1) is 18.2. The largest absolute Gasteiger partial charge is 0.350 e. The smallest absolute Gasteiger partial charge is 0.243 e. The van der Waals surface area contributed by atoms with Crippen molar-refractivity contribution in [3.05, 3.63) is 35.6 Å². The van der Waals surface area contributed by atoms with E-state index in [1.165, 1.54) is 37.8 Å². The van der Waals surface area contributed by atoms with E-state index in [-0.39, 0.29) is 17.8 Å². The quantitative estimate of drug-likeness (QED) is 0.832. The van der Waals surface area contributed by atoms with Crippen LogP contribution < -0.4 is 5.32 Å². The van der Waals surface area contributed by atoms with Crippen molar-refractivity contribution in [3.8, 4) is 0 Å². The van der Waals surface area contributed by atoms with Crippen LogP contribution in [0.3, 0.4) is 0 Å². The number of thioether (sulfide) groups is 1. The van der Waals surface area contributed by atoms with Crippen LogP contribution in [0.15, 0.2) is 29.3 Å². The summed E-state index contributed by atoms with van der Waals surface area (Å²) in [6.45, 7) is 0.348. The number of benzene rings is 1. The zero-order valence-electron chi connectivity index (χ0n) is 14.7. The van der Waals surface area contributed by atoms with Gasteiger partial charge in [-0.1, -0.05) is 49.6 Å². The maximum atomic E-state index is 13.2. The van der Waals surface area contributed by atoms with Gasteiger partial charge in [0, 0.05) is 19.3 Å². The SMILES string of the molecule is CN1C(=NC2CCCCCC2)SCC1C(=O)NCc1cccc(F)c1. The Hall–Kier alpha value is -1.56. The molecule has 1 aromatic rings. The number of likely N-dealkylation sites (N-methyl/N-ethyl adjacent to an activating group) is 1. The molecule has 1 heterocycles. The van der Waals surface area contributed by atoms with Crippen LogP contribution in [0.1, 0.15) is 44.1 Å². The molecule has 6 heteroatoms. The molecule has 3 rings (SSSR count). The molecular weight excluding hydrogens is 337 g/mol. The van der Waals surface area contributed by atoms with Crippen LogP contribution in [0.25, 0.3) is 0 Å². The lowest BCUT2D eigenvalue weighted by Crippen LogP contribution is -2.44. The molecule has 1 unspecified atom stereocenters. The molecule has 0 radical (unpaired) electrons. The van der Waals surface area contributed by atoms with Crippen LogP contribution in [0.5, 0.6) is 0 Å². The highest BCUT2D eigenvalue weighted by Gasteiger charge is 2.33. The molecule has 2 fully saturated rings. The van der Waals surface area contributed by atoms with E-state index in [0.717, 1.165) is 29.3 Å². The molecule has 0 spiro atoms. The van der Waals surface area contributed by atoms with Gasteiger partial charge in [0.25, 0.3) is 0 Å². The Bertz CT molecular complexity index is 629. The molecule has 1 aliphatic heterocycles. The Morgan fingerprint density at radius 3 is 2.80 bits per heavy atom. The molecule has 1 aliphatic carbocycles. The number of nitrogens with one attached hydrogen (secondary N) is 1. The Morgan fingerprint density at radius 2 is 2.08 bits per heavy atom. The summed E-state index contributed by atoms with van der Waals surface area (Å²) in [5.74, 6) is 0.417. The van der Waals surface area contributed by atoms with Crippen molar-refractivity contribution >= 4 is 22.8 Å². The van der Waals surface area contributed by atoms with Crippen LogP contribution in [0.2, 0.25) is 0 Å². The third-order valence-electron chi connectivity index (χ3n) is 4.92. The van der Waals surface area contributed by atoms with Crippen LogP contribution in [0, 0.1) is 5.82 Å². The van der Waals surface area contributed by atoms with Gasteiger partial charge in [-0.25, -0.2) is 4.39 Å². The van der Waals surface area contributed by atoms with Crippen molar-refractivity contribution in [1.82, 2.24) is 10.2 Å². The second-order valence-electron chi connectivity index (χ2n) is 6.84. The molecule has 0 aromatic heterocycles. The summed E-state index contributed by atoms with van der Waals surface area (Å²) in [4.78, 5) is 19.4. The second-order valence-corrected chi connectivity index (χ2v) is 7.83. The summed E-state index contributed by atoms with van der Waals surface area (Å²) in [6.07, 6.45) is 7.47. The highest BCUT2D eigenvalue weighted by atomic mass is 32.2. The second kappa shape index (κ2) is 8.70. The molecule has 1 atom stereocenters. The number of aliphatic imine (C=N–C) groups is 1. The molecule has 25 heavy (non-hydrogen) atoms. The highest BCUT2D eigenvalue weighted by Crippen LogP contribution is 2.26. The van der Waals surface area contributed by atoms with Crippen LogP contribution in [-0.2, 0) is 11.3 Å². The number of carbonyl (C=O) groups is 1. The van der Waals surface area contributed by atoms with E-state index < -0.39 is 0 Å². The molecule has 4 nitrogen and oxygen atoms in total. The highest BCUT2D eigenvalue weighted by molar-refractivity contribution is 8.14. The monoisotopic (exact) mass is 363 g/mol. The van der Waals surface area contributed by atoms with Crippen molar-refractivity contribution in [2.45, 2.75) is 57.2 Å². The standard InChI is InChI=1S/C19H26FN3OS/c1-23-17(18(24)21-12-14-7-6-8-15(20)11-14)13-25-19(23)22-16-9-4-2-3-5-10-16/h6-8,11,16-17H,2-5,9-10,12-13H2,1H3,(H,21,24). The van der Waals surface area contributed by atoms with Crippen LogP contribution in [-0.4, -0.2) is 40.9 Å². The van der Waals surface area contributed by atoms with Crippen molar-refractivity contribution in [2.75, 3.05) is 12.8 Å². The molecular formula is C19H26FN3OS.